The smallest absolute Gasteiger partial charge is 0.349 e. The van der Waals surface area contributed by atoms with Gasteiger partial charge in [-0.05, 0) is 73.5 Å². The van der Waals surface area contributed by atoms with Crippen molar-refractivity contribution in [3.05, 3.63) is 88.3 Å². The summed E-state index contributed by atoms with van der Waals surface area (Å²) in [5.74, 6) is 0.196. The summed E-state index contributed by atoms with van der Waals surface area (Å²) in [6, 6.07) is 19.6. The molecule has 0 bridgehead atoms. The van der Waals surface area contributed by atoms with E-state index < -0.39 is 5.63 Å². The highest BCUT2D eigenvalue weighted by Gasteiger charge is 2.18. The number of anilines is 2. The van der Waals surface area contributed by atoms with Gasteiger partial charge in [-0.2, -0.15) is 0 Å². The summed E-state index contributed by atoms with van der Waals surface area (Å²) in [5.41, 5.74) is 3.68. The molecule has 0 fully saturated rings. The number of fused-ring (bicyclic) bond motifs is 3. The van der Waals surface area contributed by atoms with E-state index >= 15 is 0 Å². The molecule has 0 spiro atoms. The molecule has 0 atom stereocenters. The van der Waals surface area contributed by atoms with Crippen LogP contribution in [0.5, 0.6) is 5.75 Å². The van der Waals surface area contributed by atoms with Gasteiger partial charge in [-0.1, -0.05) is 18.2 Å². The number of rotatable bonds is 6. The number of hydrogen-bond acceptors (Lipinski definition) is 7. The maximum atomic E-state index is 12.7. The van der Waals surface area contributed by atoms with Crippen LogP contribution in [0.15, 0.2) is 75.9 Å². The highest BCUT2D eigenvalue weighted by molar-refractivity contribution is 6.08. The first kappa shape index (κ1) is 24.6. The van der Waals surface area contributed by atoms with Gasteiger partial charge in [-0.3, -0.25) is 9.59 Å². The zero-order valence-corrected chi connectivity index (χ0v) is 21.0. The Morgan fingerprint density at radius 3 is 2.42 bits per heavy atom. The summed E-state index contributed by atoms with van der Waals surface area (Å²) in [4.78, 5) is 46.0. The molecule has 0 radical (unpaired) electrons. The highest BCUT2D eigenvalue weighted by Crippen LogP contribution is 2.29. The third-order valence-corrected chi connectivity index (χ3v) is 6.03. The van der Waals surface area contributed by atoms with Crippen molar-refractivity contribution in [3.63, 3.8) is 0 Å². The lowest BCUT2D eigenvalue weighted by Crippen LogP contribution is -2.20. The van der Waals surface area contributed by atoms with Crippen LogP contribution < -0.4 is 21.0 Å². The molecule has 0 saturated carbocycles. The Kier molecular flexibility index (Phi) is 6.57. The fourth-order valence-corrected chi connectivity index (χ4v) is 4.00. The minimum absolute atomic E-state index is 0.0698. The first-order valence-corrected chi connectivity index (χ1v) is 11.9. The molecule has 2 N–H and O–H groups in total. The van der Waals surface area contributed by atoms with Gasteiger partial charge in [-0.15, -0.1) is 0 Å². The van der Waals surface area contributed by atoms with Gasteiger partial charge in [0.25, 0.3) is 5.91 Å². The Morgan fingerprint density at radius 1 is 0.921 bits per heavy atom. The van der Waals surface area contributed by atoms with Crippen molar-refractivity contribution < 1.29 is 18.7 Å². The normalized spacial score (nSPS) is 10.9. The third kappa shape index (κ3) is 5.08. The van der Waals surface area contributed by atoms with Crippen LogP contribution in [0.4, 0.5) is 11.5 Å². The Labute approximate surface area is 217 Å². The minimum Gasteiger partial charge on any atom is -0.484 e. The molecule has 0 unspecified atom stereocenters. The fraction of sp³-hybridized carbons (Fsp3) is 0.138. The molecule has 9 heteroatoms. The van der Waals surface area contributed by atoms with Crippen molar-refractivity contribution >= 4 is 45.2 Å². The lowest BCUT2D eigenvalue weighted by molar-refractivity contribution is -0.118. The quantitative estimate of drug-likeness (QED) is 0.244. The number of carbonyl (C=O) groups is 2. The maximum absolute atomic E-state index is 12.7. The number of para-hydroxylation sites is 1. The fourth-order valence-electron chi connectivity index (χ4n) is 4.00. The maximum Gasteiger partial charge on any atom is 0.349 e. The van der Waals surface area contributed by atoms with Crippen molar-refractivity contribution in [2.24, 2.45) is 0 Å². The number of aromatic nitrogens is 2. The largest absolute Gasteiger partial charge is 0.484 e. The van der Waals surface area contributed by atoms with E-state index in [1.165, 1.54) is 6.92 Å². The molecule has 3 aromatic carbocycles. The monoisotopic (exact) mass is 508 g/mol. The van der Waals surface area contributed by atoms with Crippen molar-refractivity contribution in [2.75, 3.05) is 17.2 Å². The number of benzene rings is 3. The van der Waals surface area contributed by atoms with Crippen LogP contribution in [0.1, 0.15) is 18.1 Å². The summed E-state index contributed by atoms with van der Waals surface area (Å²) in [6.07, 6.45) is 0. The van der Waals surface area contributed by atoms with E-state index in [9.17, 15) is 14.4 Å². The van der Waals surface area contributed by atoms with Gasteiger partial charge in [0.05, 0.1) is 5.52 Å². The summed E-state index contributed by atoms with van der Waals surface area (Å²) in [7, 11) is 0. The molecule has 38 heavy (non-hydrogen) atoms. The van der Waals surface area contributed by atoms with Gasteiger partial charge >= 0.3 is 5.63 Å². The van der Waals surface area contributed by atoms with Gasteiger partial charge in [0.2, 0.25) is 5.91 Å². The molecule has 190 valence electrons. The van der Waals surface area contributed by atoms with Crippen molar-refractivity contribution in [1.29, 1.82) is 0 Å². The summed E-state index contributed by atoms with van der Waals surface area (Å²) in [6.45, 7) is 5.17. The van der Waals surface area contributed by atoms with Crippen molar-refractivity contribution in [1.82, 2.24) is 9.97 Å². The first-order valence-electron chi connectivity index (χ1n) is 11.9. The van der Waals surface area contributed by atoms with E-state index in [0.29, 0.717) is 39.3 Å². The Morgan fingerprint density at radius 2 is 1.68 bits per heavy atom. The Balaban J connectivity index is 1.40. The SMILES string of the molecule is CC(=O)Nc1nc(-c2ccc(OCC(=O)Nc3ccc(C)c(C)c3)cc2)nc2c1c(=O)oc1ccccc12. The lowest BCUT2D eigenvalue weighted by atomic mass is 10.1. The number of carbonyl (C=O) groups excluding carboxylic acids is 2. The summed E-state index contributed by atoms with van der Waals surface area (Å²) < 4.78 is 11.1. The average molecular weight is 509 g/mol. The standard InChI is InChI=1S/C29H24N4O5/c1-16-8-11-20(14-17(16)2)31-24(35)15-37-21-12-9-19(10-13-21)27-32-26-22-6-4-5-7-23(22)38-29(36)25(26)28(33-27)30-18(3)34/h4-14H,15H2,1-3H3,(H,31,35)(H,30,32,33,34). The molecule has 0 saturated heterocycles. The molecule has 0 aliphatic carbocycles. The highest BCUT2D eigenvalue weighted by atomic mass is 16.5. The number of nitrogens with one attached hydrogen (secondary N) is 2. The van der Waals surface area contributed by atoms with Crippen LogP contribution in [0.3, 0.4) is 0 Å². The molecule has 2 amide bonds. The molecule has 0 aliphatic rings. The van der Waals surface area contributed by atoms with Gasteiger partial charge in [-0.25, -0.2) is 14.8 Å². The Hall–Kier alpha value is -5.05. The number of nitrogens with zero attached hydrogens (tertiary/aromatic N) is 2. The number of amides is 2. The van der Waals surface area contributed by atoms with E-state index in [1.807, 2.05) is 38.1 Å². The number of aryl methyl sites for hydroxylation is 2. The van der Waals surface area contributed by atoms with E-state index in [1.54, 1.807) is 42.5 Å². The van der Waals surface area contributed by atoms with Crippen LogP contribution in [0, 0.1) is 13.8 Å². The van der Waals surface area contributed by atoms with Gasteiger partial charge < -0.3 is 19.8 Å². The first-order chi connectivity index (χ1) is 18.3. The molecule has 2 aromatic heterocycles. The predicted octanol–water partition coefficient (Wildman–Crippen LogP) is 5.00. The number of hydrogen-bond donors (Lipinski definition) is 2. The zero-order valence-electron chi connectivity index (χ0n) is 21.0. The second-order valence-corrected chi connectivity index (χ2v) is 8.85. The molecule has 5 rings (SSSR count). The van der Waals surface area contributed by atoms with Crippen molar-refractivity contribution in [3.8, 4) is 17.1 Å². The van der Waals surface area contributed by atoms with E-state index in [4.69, 9.17) is 9.15 Å². The molecule has 5 aromatic rings. The van der Waals surface area contributed by atoms with E-state index in [2.05, 4.69) is 20.6 Å². The third-order valence-electron chi connectivity index (χ3n) is 6.03. The Bertz CT molecular complexity index is 1760. The van der Waals surface area contributed by atoms with E-state index in [0.717, 1.165) is 11.1 Å². The summed E-state index contributed by atoms with van der Waals surface area (Å²) in [5, 5.41) is 6.15. The van der Waals surface area contributed by atoms with Crippen LogP contribution in [-0.2, 0) is 9.59 Å². The van der Waals surface area contributed by atoms with Crippen LogP contribution in [-0.4, -0.2) is 28.4 Å². The molecule has 9 nitrogen and oxygen atoms in total. The second kappa shape index (κ2) is 10.1. The molecule has 2 heterocycles. The lowest BCUT2D eigenvalue weighted by Gasteiger charge is -2.11. The number of ether oxygens (including phenoxy) is 1. The molecular formula is C29H24N4O5. The topological polar surface area (TPSA) is 123 Å². The predicted molar refractivity (Wildman–Crippen MR) is 145 cm³/mol. The molecule has 0 aliphatic heterocycles. The van der Waals surface area contributed by atoms with Crippen LogP contribution in [0.25, 0.3) is 33.3 Å². The average Bonchev–Trinajstić information content (AvgIpc) is 2.89. The van der Waals surface area contributed by atoms with E-state index in [-0.39, 0.29) is 29.6 Å². The molecular weight excluding hydrogens is 484 g/mol. The van der Waals surface area contributed by atoms with Gasteiger partial charge in [0.1, 0.15) is 16.7 Å². The minimum atomic E-state index is -0.642. The van der Waals surface area contributed by atoms with Crippen molar-refractivity contribution in [2.45, 2.75) is 20.8 Å². The van der Waals surface area contributed by atoms with Gasteiger partial charge in [0.15, 0.2) is 18.2 Å². The second-order valence-electron chi connectivity index (χ2n) is 8.85. The van der Waals surface area contributed by atoms with Crippen LogP contribution in [0.2, 0.25) is 0 Å². The van der Waals surface area contributed by atoms with Crippen LogP contribution >= 0.6 is 0 Å². The van der Waals surface area contributed by atoms with Gasteiger partial charge in [0, 0.05) is 23.6 Å². The summed E-state index contributed by atoms with van der Waals surface area (Å²) >= 11 is 0. The zero-order chi connectivity index (χ0) is 26.8.